The molecule has 6 heteroatoms. The van der Waals surface area contributed by atoms with E-state index in [-0.39, 0.29) is 0 Å². The van der Waals surface area contributed by atoms with E-state index in [1.54, 1.807) is 6.34 Å². The Balaban J connectivity index is 2.03. The van der Waals surface area contributed by atoms with Gasteiger partial charge in [-0.25, -0.2) is 9.98 Å². The van der Waals surface area contributed by atoms with Crippen LogP contribution < -0.4 is 16.4 Å². The summed E-state index contributed by atoms with van der Waals surface area (Å²) in [6, 6.07) is 4.18. The van der Waals surface area contributed by atoms with Gasteiger partial charge < -0.3 is 16.4 Å². The van der Waals surface area contributed by atoms with Gasteiger partial charge in [-0.3, -0.25) is 0 Å². The molecule has 0 amide bonds. The molecule has 5 nitrogen and oxygen atoms in total. The van der Waals surface area contributed by atoms with Gasteiger partial charge in [0.15, 0.2) is 0 Å². The average molecular weight is 249 g/mol. The lowest BCUT2D eigenvalue weighted by Crippen LogP contribution is -2.28. The van der Waals surface area contributed by atoms with E-state index in [0.717, 1.165) is 5.70 Å². The van der Waals surface area contributed by atoms with Gasteiger partial charge >= 0.3 is 0 Å². The van der Waals surface area contributed by atoms with Crippen LogP contribution in [0.3, 0.4) is 0 Å². The van der Waals surface area contributed by atoms with E-state index in [1.165, 1.54) is 10.7 Å². The number of hydrogen-bond acceptors (Lipinski definition) is 4. The maximum absolute atomic E-state index is 5.77. The van der Waals surface area contributed by atoms with Crippen molar-refractivity contribution < 1.29 is 0 Å². The lowest BCUT2D eigenvalue weighted by molar-refractivity contribution is 0.798. The van der Waals surface area contributed by atoms with Crippen LogP contribution in [-0.2, 0) is 0 Å². The van der Waals surface area contributed by atoms with Gasteiger partial charge in [0.2, 0.25) is 0 Å². The van der Waals surface area contributed by atoms with E-state index < -0.39 is 0 Å². The van der Waals surface area contributed by atoms with Crippen LogP contribution in [0.25, 0.3) is 0 Å². The van der Waals surface area contributed by atoms with Crippen molar-refractivity contribution in [2.75, 3.05) is 12.0 Å². The van der Waals surface area contributed by atoms with Crippen molar-refractivity contribution in [3.63, 3.8) is 0 Å². The maximum Gasteiger partial charge on any atom is 0.148 e. The molecule has 90 valence electrons. The zero-order valence-electron chi connectivity index (χ0n) is 9.91. The fourth-order valence-corrected chi connectivity index (χ4v) is 2.41. The molecule has 1 aromatic heterocycles. The summed E-state index contributed by atoms with van der Waals surface area (Å²) in [6.07, 6.45) is 1.67. The Morgan fingerprint density at radius 2 is 2.35 bits per heavy atom. The van der Waals surface area contributed by atoms with Crippen molar-refractivity contribution in [1.29, 1.82) is 0 Å². The molecule has 0 bridgehead atoms. The normalized spacial score (nSPS) is 16.5. The third kappa shape index (κ3) is 2.88. The number of nitrogens with one attached hydrogen (secondary N) is 2. The summed E-state index contributed by atoms with van der Waals surface area (Å²) in [7, 11) is 0.707. The molecular weight excluding hydrogens is 233 g/mol. The standard InChI is InChI=1S/C11H16N5P/c1-7-3-4-9(17-7)14-6-15-10-8(2)13-5-16-11(10)12/h3-4,6,13,17H,5H2,1-2H3,(H2,12,16)(H,14,15). The van der Waals surface area contributed by atoms with Crippen LogP contribution in [0.5, 0.6) is 0 Å². The number of nitrogens with zero attached hydrogens (tertiary/aromatic N) is 2. The second-order valence-corrected chi connectivity index (χ2v) is 5.39. The molecule has 2 heterocycles. The largest absolute Gasteiger partial charge is 0.382 e. The topological polar surface area (TPSA) is 74.8 Å². The van der Waals surface area contributed by atoms with Gasteiger partial charge in [-0.05, 0) is 25.2 Å². The van der Waals surface area contributed by atoms with Gasteiger partial charge in [-0.15, -0.1) is 8.19 Å². The average Bonchev–Trinajstić information content (AvgIpc) is 2.69. The number of aliphatic imine (C=N–C) groups is 2. The molecule has 17 heavy (non-hydrogen) atoms. The first-order valence-corrected chi connectivity index (χ1v) is 6.36. The van der Waals surface area contributed by atoms with E-state index in [2.05, 4.69) is 39.7 Å². The Hall–Kier alpha value is -1.74. The Bertz CT molecular complexity index is 498. The minimum atomic E-state index is 0.483. The van der Waals surface area contributed by atoms with Crippen molar-refractivity contribution in [3.05, 3.63) is 28.8 Å². The Labute approximate surface area is 102 Å². The van der Waals surface area contributed by atoms with Crippen LogP contribution in [-0.4, -0.2) is 18.8 Å². The summed E-state index contributed by atoms with van der Waals surface area (Å²) in [5.41, 5.74) is 8.60. The van der Waals surface area contributed by atoms with Crippen molar-refractivity contribution in [2.45, 2.75) is 13.8 Å². The van der Waals surface area contributed by atoms with Crippen LogP contribution in [0.15, 0.2) is 33.5 Å². The van der Waals surface area contributed by atoms with Gasteiger partial charge in [-0.2, -0.15) is 0 Å². The maximum atomic E-state index is 5.77. The zero-order chi connectivity index (χ0) is 12.3. The Morgan fingerprint density at radius 1 is 1.53 bits per heavy atom. The van der Waals surface area contributed by atoms with Crippen LogP contribution in [0.4, 0.5) is 5.42 Å². The minimum absolute atomic E-state index is 0.483. The molecule has 1 aliphatic heterocycles. The molecule has 2 rings (SSSR count). The first-order valence-electron chi connectivity index (χ1n) is 5.36. The number of rotatable bonds is 3. The lowest BCUT2D eigenvalue weighted by Gasteiger charge is -2.14. The van der Waals surface area contributed by atoms with Crippen molar-refractivity contribution in [3.8, 4) is 0 Å². The molecule has 0 fully saturated rings. The fraction of sp³-hybridized carbons (Fsp3) is 0.273. The predicted molar refractivity (Wildman–Crippen MR) is 75.1 cm³/mol. The van der Waals surface area contributed by atoms with E-state index >= 15 is 0 Å². The van der Waals surface area contributed by atoms with Crippen molar-refractivity contribution in [1.82, 2.24) is 5.32 Å². The molecular formula is C11H16N5P. The van der Waals surface area contributed by atoms with Crippen molar-refractivity contribution in [2.24, 2.45) is 15.7 Å². The first kappa shape index (κ1) is 11.7. The summed E-state index contributed by atoms with van der Waals surface area (Å²) < 4.78 is 0. The van der Waals surface area contributed by atoms with E-state index in [0.29, 0.717) is 26.4 Å². The highest BCUT2D eigenvalue weighted by Crippen LogP contribution is 2.25. The monoisotopic (exact) mass is 249 g/mol. The smallest absolute Gasteiger partial charge is 0.148 e. The number of anilines is 1. The lowest BCUT2D eigenvalue weighted by atomic mass is 10.3. The molecule has 4 N–H and O–H groups in total. The minimum Gasteiger partial charge on any atom is -0.382 e. The second-order valence-electron chi connectivity index (χ2n) is 3.81. The van der Waals surface area contributed by atoms with E-state index in [4.69, 9.17) is 5.73 Å². The molecule has 0 saturated carbocycles. The quantitative estimate of drug-likeness (QED) is 0.563. The number of nitrogens with two attached hydrogens (primary N) is 1. The summed E-state index contributed by atoms with van der Waals surface area (Å²) >= 11 is 0. The third-order valence-corrected chi connectivity index (χ3v) is 3.58. The molecule has 1 unspecified atom stereocenters. The van der Waals surface area contributed by atoms with Gasteiger partial charge in [0.1, 0.15) is 18.2 Å². The van der Waals surface area contributed by atoms with Gasteiger partial charge in [0.05, 0.1) is 11.8 Å². The fourth-order valence-electron chi connectivity index (χ4n) is 1.51. The van der Waals surface area contributed by atoms with Gasteiger partial charge in [-0.1, -0.05) is 6.07 Å². The molecule has 0 saturated heterocycles. The third-order valence-electron chi connectivity index (χ3n) is 2.44. The van der Waals surface area contributed by atoms with Crippen LogP contribution in [0, 0.1) is 6.92 Å². The highest BCUT2D eigenvalue weighted by atomic mass is 31.0. The summed E-state index contributed by atoms with van der Waals surface area (Å²) in [4.78, 5) is 8.38. The summed E-state index contributed by atoms with van der Waals surface area (Å²) in [5.74, 6) is 0.483. The second kappa shape index (κ2) is 5.06. The summed E-state index contributed by atoms with van der Waals surface area (Å²) in [5, 5.41) is 7.62. The van der Waals surface area contributed by atoms with Crippen LogP contribution in [0.1, 0.15) is 12.2 Å². The number of allylic oxidation sites excluding steroid dienone is 1. The van der Waals surface area contributed by atoms with Crippen LogP contribution >= 0.6 is 8.19 Å². The number of aryl methyl sites for hydroxylation is 1. The Morgan fingerprint density at radius 3 is 3.00 bits per heavy atom. The molecule has 1 atom stereocenters. The molecule has 0 aromatic carbocycles. The molecule has 0 spiro atoms. The molecule has 0 aliphatic carbocycles. The first-order chi connectivity index (χ1) is 8.16. The molecule has 0 radical (unpaired) electrons. The number of amidine groups is 1. The van der Waals surface area contributed by atoms with E-state index in [1.807, 2.05) is 6.92 Å². The zero-order valence-corrected chi connectivity index (χ0v) is 10.9. The Kier molecular flexibility index (Phi) is 3.49. The van der Waals surface area contributed by atoms with Gasteiger partial charge in [0.25, 0.3) is 0 Å². The molecule has 1 aromatic rings. The molecule has 1 aliphatic rings. The van der Waals surface area contributed by atoms with E-state index in [9.17, 15) is 0 Å². The highest BCUT2D eigenvalue weighted by Gasteiger charge is 2.09. The SMILES string of the molecule is CC1=C(/N=C\Nc2ccc(C)[pH]2)C(N)=NCN1. The predicted octanol–water partition coefficient (Wildman–Crippen LogP) is 1.62. The highest BCUT2D eigenvalue weighted by molar-refractivity contribution is 7.35. The van der Waals surface area contributed by atoms with Crippen molar-refractivity contribution >= 4 is 25.8 Å². The summed E-state index contributed by atoms with van der Waals surface area (Å²) in [6.45, 7) is 4.58. The number of hydrogen-bond donors (Lipinski definition) is 3. The van der Waals surface area contributed by atoms with Crippen LogP contribution in [0.2, 0.25) is 0 Å². The van der Waals surface area contributed by atoms with Gasteiger partial charge in [0, 0.05) is 5.70 Å².